The van der Waals surface area contributed by atoms with E-state index in [2.05, 4.69) is 91.0 Å². The van der Waals surface area contributed by atoms with Crippen LogP contribution in [0, 0.1) is 27.7 Å². The van der Waals surface area contributed by atoms with Crippen LogP contribution in [-0.4, -0.2) is 14.7 Å². The van der Waals surface area contributed by atoms with Crippen molar-refractivity contribution >= 4 is 23.0 Å². The Morgan fingerprint density at radius 2 is 1.35 bits per heavy atom. The molecule has 2 atom stereocenters. The van der Waals surface area contributed by atoms with Gasteiger partial charge in [0.25, 0.3) is 0 Å². The monoisotopic (exact) mass is 544 g/mol. The molecule has 1 saturated heterocycles. The van der Waals surface area contributed by atoms with Crippen molar-refractivity contribution < 1.29 is 4.74 Å². The van der Waals surface area contributed by atoms with Gasteiger partial charge >= 0.3 is 0 Å². The molecular formula is C34H32N4OS. The fourth-order valence-electron chi connectivity index (χ4n) is 5.54. The second kappa shape index (κ2) is 10.6. The van der Waals surface area contributed by atoms with E-state index in [1.54, 1.807) is 0 Å². The second-order valence-corrected chi connectivity index (χ2v) is 10.8. The van der Waals surface area contributed by atoms with Crippen LogP contribution in [0.2, 0.25) is 0 Å². The van der Waals surface area contributed by atoms with E-state index in [1.165, 1.54) is 28.1 Å². The van der Waals surface area contributed by atoms with E-state index in [-0.39, 0.29) is 12.1 Å². The van der Waals surface area contributed by atoms with Gasteiger partial charge in [0.15, 0.2) is 5.11 Å². The Bertz CT molecular complexity index is 1640. The Balaban J connectivity index is 1.40. The minimum absolute atomic E-state index is 0.0864. The van der Waals surface area contributed by atoms with Gasteiger partial charge in [-0.2, -0.15) is 0 Å². The van der Waals surface area contributed by atoms with Gasteiger partial charge in [-0.1, -0.05) is 41.5 Å². The Kier molecular flexibility index (Phi) is 6.86. The SMILES string of the molecule is Cc1ccc(Oc2ccc(N3C(=S)N[C@H](c4ccccn4)[C@H]3c3cc(C)n(-c4ccc(C)cc4)c3C)cc2)cc1. The predicted octanol–water partition coefficient (Wildman–Crippen LogP) is 8.08. The molecule has 3 heterocycles. The van der Waals surface area contributed by atoms with E-state index < -0.39 is 0 Å². The molecule has 1 aliphatic heterocycles. The summed E-state index contributed by atoms with van der Waals surface area (Å²) in [5.74, 6) is 1.59. The van der Waals surface area contributed by atoms with Gasteiger partial charge in [-0.3, -0.25) is 4.98 Å². The number of rotatable bonds is 6. The molecule has 0 aliphatic carbocycles. The molecule has 5 aromatic rings. The highest BCUT2D eigenvalue weighted by atomic mass is 32.1. The second-order valence-electron chi connectivity index (χ2n) is 10.4. The summed E-state index contributed by atoms with van der Waals surface area (Å²) in [5.41, 5.74) is 9.12. The maximum Gasteiger partial charge on any atom is 0.174 e. The molecule has 5 nitrogen and oxygen atoms in total. The van der Waals surface area contributed by atoms with Crippen LogP contribution < -0.4 is 15.0 Å². The molecule has 1 fully saturated rings. The topological polar surface area (TPSA) is 42.3 Å². The summed E-state index contributed by atoms with van der Waals surface area (Å²) in [6.45, 7) is 8.53. The van der Waals surface area contributed by atoms with E-state index in [1.807, 2.05) is 54.7 Å². The first-order chi connectivity index (χ1) is 19.4. The smallest absolute Gasteiger partial charge is 0.174 e. The first-order valence-electron chi connectivity index (χ1n) is 13.5. The lowest BCUT2D eigenvalue weighted by Crippen LogP contribution is -2.29. The number of aryl methyl sites for hydroxylation is 3. The number of aromatic nitrogens is 2. The average molecular weight is 545 g/mol. The summed E-state index contributed by atoms with van der Waals surface area (Å²) in [4.78, 5) is 6.93. The maximum atomic E-state index is 6.09. The van der Waals surface area contributed by atoms with Crippen molar-refractivity contribution in [3.63, 3.8) is 0 Å². The quantitative estimate of drug-likeness (QED) is 0.219. The van der Waals surface area contributed by atoms with Crippen molar-refractivity contribution in [1.29, 1.82) is 0 Å². The summed E-state index contributed by atoms with van der Waals surface area (Å²) in [6, 6.07) is 33.0. The van der Waals surface area contributed by atoms with Crippen molar-refractivity contribution in [3.05, 3.63) is 137 Å². The van der Waals surface area contributed by atoms with E-state index in [9.17, 15) is 0 Å². The summed E-state index contributed by atoms with van der Waals surface area (Å²) >= 11 is 5.97. The van der Waals surface area contributed by atoms with Crippen LogP contribution in [0.4, 0.5) is 5.69 Å². The van der Waals surface area contributed by atoms with Gasteiger partial charge in [0.1, 0.15) is 11.5 Å². The number of anilines is 1. The number of thiocarbonyl (C=S) groups is 1. The molecule has 6 heteroatoms. The molecule has 0 spiro atoms. The molecule has 1 aliphatic rings. The van der Waals surface area contributed by atoms with Crippen molar-refractivity contribution in [1.82, 2.24) is 14.9 Å². The molecule has 6 rings (SSSR count). The molecule has 40 heavy (non-hydrogen) atoms. The van der Waals surface area contributed by atoms with Crippen molar-refractivity contribution in [2.24, 2.45) is 0 Å². The summed E-state index contributed by atoms with van der Waals surface area (Å²) in [7, 11) is 0. The summed E-state index contributed by atoms with van der Waals surface area (Å²) in [5, 5.41) is 4.26. The first kappa shape index (κ1) is 25.8. The zero-order chi connectivity index (χ0) is 27.8. The number of hydrogen-bond acceptors (Lipinski definition) is 3. The summed E-state index contributed by atoms with van der Waals surface area (Å²) in [6.07, 6.45) is 1.84. The number of benzene rings is 3. The Morgan fingerprint density at radius 3 is 1.98 bits per heavy atom. The Hall–Kier alpha value is -4.42. The van der Waals surface area contributed by atoms with E-state index in [0.717, 1.165) is 28.6 Å². The lowest BCUT2D eigenvalue weighted by Gasteiger charge is -2.28. The molecule has 0 bridgehead atoms. The number of nitrogens with zero attached hydrogens (tertiary/aromatic N) is 3. The molecule has 0 saturated carbocycles. The highest BCUT2D eigenvalue weighted by molar-refractivity contribution is 7.80. The predicted molar refractivity (Wildman–Crippen MR) is 166 cm³/mol. The summed E-state index contributed by atoms with van der Waals surface area (Å²) < 4.78 is 8.42. The number of nitrogens with one attached hydrogen (secondary N) is 1. The number of ether oxygens (including phenoxy) is 1. The van der Waals surface area contributed by atoms with Crippen LogP contribution in [0.5, 0.6) is 11.5 Å². The van der Waals surface area contributed by atoms with Crippen LogP contribution in [0.25, 0.3) is 5.69 Å². The lowest BCUT2D eigenvalue weighted by molar-refractivity contribution is 0.482. The zero-order valence-corrected chi connectivity index (χ0v) is 23.9. The van der Waals surface area contributed by atoms with Gasteiger partial charge in [0.05, 0.1) is 17.8 Å². The van der Waals surface area contributed by atoms with Gasteiger partial charge in [0, 0.05) is 29.0 Å². The van der Waals surface area contributed by atoms with E-state index >= 15 is 0 Å². The molecule has 2 aromatic heterocycles. The van der Waals surface area contributed by atoms with Gasteiger partial charge in [-0.15, -0.1) is 0 Å². The minimum Gasteiger partial charge on any atom is -0.457 e. The van der Waals surface area contributed by atoms with Crippen LogP contribution in [0.15, 0.2) is 103 Å². The standard InChI is InChI=1S/C34H32N4OS/c1-22-8-12-26(13-9-22)37-24(3)21-30(25(37)4)33-32(31-7-5-6-20-35-31)36-34(40)38(33)27-14-18-29(19-15-27)39-28-16-10-23(2)11-17-28/h5-21,32-33H,1-4H3,(H,36,40)/t32-,33-/m1/s1. The van der Waals surface area contributed by atoms with Crippen LogP contribution in [0.3, 0.4) is 0 Å². The fraction of sp³-hybridized carbons (Fsp3) is 0.176. The minimum atomic E-state index is -0.107. The van der Waals surface area contributed by atoms with E-state index in [4.69, 9.17) is 21.9 Å². The zero-order valence-electron chi connectivity index (χ0n) is 23.1. The molecular weight excluding hydrogens is 512 g/mol. The Morgan fingerprint density at radius 1 is 0.750 bits per heavy atom. The third-order valence-corrected chi connectivity index (χ3v) is 7.87. The third-order valence-electron chi connectivity index (χ3n) is 7.55. The molecule has 3 aromatic carbocycles. The molecule has 1 N–H and O–H groups in total. The third kappa shape index (κ3) is 4.87. The van der Waals surface area contributed by atoms with Crippen molar-refractivity contribution in [2.45, 2.75) is 39.8 Å². The van der Waals surface area contributed by atoms with Gasteiger partial charge in [-0.25, -0.2) is 0 Å². The van der Waals surface area contributed by atoms with Crippen molar-refractivity contribution in [3.8, 4) is 17.2 Å². The fourth-order valence-corrected chi connectivity index (χ4v) is 5.89. The Labute approximate surface area is 241 Å². The maximum absolute atomic E-state index is 6.09. The normalized spacial score (nSPS) is 16.7. The molecule has 200 valence electrons. The first-order valence-corrected chi connectivity index (χ1v) is 13.9. The highest BCUT2D eigenvalue weighted by Gasteiger charge is 2.42. The lowest BCUT2D eigenvalue weighted by atomic mass is 9.96. The van der Waals surface area contributed by atoms with E-state index in [0.29, 0.717) is 5.11 Å². The van der Waals surface area contributed by atoms with Gasteiger partial charge in [0.2, 0.25) is 0 Å². The van der Waals surface area contributed by atoms with Gasteiger partial charge in [-0.05, 0) is 112 Å². The van der Waals surface area contributed by atoms with Crippen LogP contribution >= 0.6 is 12.2 Å². The average Bonchev–Trinajstić information content (AvgIpc) is 3.46. The van der Waals surface area contributed by atoms with Crippen LogP contribution in [-0.2, 0) is 0 Å². The van der Waals surface area contributed by atoms with Crippen LogP contribution in [0.1, 0.15) is 45.9 Å². The largest absolute Gasteiger partial charge is 0.457 e. The number of pyridine rings is 1. The van der Waals surface area contributed by atoms with Gasteiger partial charge < -0.3 is 19.5 Å². The molecule has 0 radical (unpaired) electrons. The highest BCUT2D eigenvalue weighted by Crippen LogP contribution is 2.44. The number of hydrogen-bond donors (Lipinski definition) is 1. The van der Waals surface area contributed by atoms with Crippen molar-refractivity contribution in [2.75, 3.05) is 4.90 Å². The molecule has 0 amide bonds. The molecule has 0 unspecified atom stereocenters.